The summed E-state index contributed by atoms with van der Waals surface area (Å²) in [6.07, 6.45) is 5.71. The number of nitrogens with zero attached hydrogens (tertiary/aromatic N) is 1. The number of hydrogen-bond donors (Lipinski definition) is 2. The molecule has 0 aromatic heterocycles. The Morgan fingerprint density at radius 3 is 2.28 bits per heavy atom. The van der Waals surface area contributed by atoms with Gasteiger partial charge in [0.1, 0.15) is 5.82 Å². The molecule has 1 aliphatic carbocycles. The number of amides is 1. The highest BCUT2D eigenvalue weighted by Gasteiger charge is 2.46. The zero-order chi connectivity index (χ0) is 26.5. The molecule has 36 heavy (non-hydrogen) atoms. The molecule has 0 unspecified atom stereocenters. The van der Waals surface area contributed by atoms with Crippen LogP contribution >= 0.6 is 0 Å². The van der Waals surface area contributed by atoms with E-state index >= 15 is 0 Å². The van der Waals surface area contributed by atoms with Gasteiger partial charge in [0, 0.05) is 28.9 Å². The third kappa shape index (κ3) is 5.42. The molecule has 0 radical (unpaired) electrons. The Bertz CT molecular complexity index is 1410. The summed E-state index contributed by atoms with van der Waals surface area (Å²) in [6.45, 7) is 5.40. The van der Waals surface area contributed by atoms with Gasteiger partial charge in [0.15, 0.2) is 0 Å². The van der Waals surface area contributed by atoms with Crippen molar-refractivity contribution in [3.63, 3.8) is 0 Å². The lowest BCUT2D eigenvalue weighted by molar-refractivity contribution is 0.0978. The summed E-state index contributed by atoms with van der Waals surface area (Å²) in [5, 5.41) is 0. The van der Waals surface area contributed by atoms with Crippen LogP contribution in [-0.4, -0.2) is 41.1 Å². The van der Waals surface area contributed by atoms with Crippen LogP contribution in [0.1, 0.15) is 68.8 Å². The fraction of sp³-hybridized carbons (Fsp3) is 0.480. The second-order valence-electron chi connectivity index (χ2n) is 10.8. The zero-order valence-electron chi connectivity index (χ0n) is 20.9. The highest BCUT2D eigenvalue weighted by molar-refractivity contribution is 7.92. The van der Waals surface area contributed by atoms with Crippen LogP contribution in [0.4, 0.5) is 15.8 Å². The summed E-state index contributed by atoms with van der Waals surface area (Å²) in [6, 6.07) is 8.23. The van der Waals surface area contributed by atoms with E-state index in [1.54, 1.807) is 39.0 Å². The van der Waals surface area contributed by atoms with Crippen LogP contribution in [0.25, 0.3) is 0 Å². The molecule has 8 nitrogen and oxygen atoms in total. The first kappa shape index (κ1) is 26.6. The predicted octanol–water partition coefficient (Wildman–Crippen LogP) is 4.14. The van der Waals surface area contributed by atoms with Crippen LogP contribution in [0.5, 0.6) is 0 Å². The smallest absolute Gasteiger partial charge is 0.261 e. The Balaban J connectivity index is 1.76. The number of rotatable bonds is 5. The summed E-state index contributed by atoms with van der Waals surface area (Å²) < 4.78 is 69.2. The van der Waals surface area contributed by atoms with Crippen LogP contribution in [0, 0.1) is 5.82 Å². The number of carbonyl (C=O) groups is 1. The van der Waals surface area contributed by atoms with Gasteiger partial charge in [0.2, 0.25) is 20.0 Å². The van der Waals surface area contributed by atoms with Gasteiger partial charge >= 0.3 is 0 Å². The van der Waals surface area contributed by atoms with E-state index in [9.17, 15) is 26.0 Å². The van der Waals surface area contributed by atoms with Crippen LogP contribution in [0.15, 0.2) is 41.3 Å². The van der Waals surface area contributed by atoms with E-state index in [1.165, 1.54) is 4.90 Å². The molecule has 1 spiro atoms. The van der Waals surface area contributed by atoms with Gasteiger partial charge in [-0.1, -0.05) is 19.3 Å². The molecule has 1 saturated carbocycles. The Morgan fingerprint density at radius 2 is 1.67 bits per heavy atom. The van der Waals surface area contributed by atoms with Crippen molar-refractivity contribution in [3.8, 4) is 0 Å². The van der Waals surface area contributed by atoms with Crippen LogP contribution in [0.2, 0.25) is 0 Å². The van der Waals surface area contributed by atoms with Crippen LogP contribution < -0.4 is 14.3 Å². The SMILES string of the molecule is CC(C)(C)NS(=O)(=O)c1ccc(F)c(C(=O)N2CC3(CCCCC3)c3cc(NS(C)(=O)=O)ccc32)c1. The number of benzene rings is 2. The van der Waals surface area contributed by atoms with E-state index in [0.29, 0.717) is 17.9 Å². The molecule has 0 atom stereocenters. The largest absolute Gasteiger partial charge is 0.307 e. The predicted molar refractivity (Wildman–Crippen MR) is 138 cm³/mol. The fourth-order valence-electron chi connectivity index (χ4n) is 5.23. The van der Waals surface area contributed by atoms with Crippen molar-refractivity contribution in [3.05, 3.63) is 53.3 Å². The molecule has 1 amide bonds. The summed E-state index contributed by atoms with van der Waals surface area (Å²) in [5.74, 6) is -1.44. The molecule has 4 rings (SSSR count). The highest BCUT2D eigenvalue weighted by Crippen LogP contribution is 2.50. The van der Waals surface area contributed by atoms with Gasteiger partial charge in [-0.3, -0.25) is 9.52 Å². The molecule has 1 aliphatic heterocycles. The van der Waals surface area contributed by atoms with Gasteiger partial charge in [-0.2, -0.15) is 0 Å². The van der Waals surface area contributed by atoms with E-state index in [-0.39, 0.29) is 15.9 Å². The normalized spacial score (nSPS) is 17.8. The number of fused-ring (bicyclic) bond motifs is 2. The number of hydrogen-bond acceptors (Lipinski definition) is 5. The van der Waals surface area contributed by atoms with Crippen LogP contribution in [-0.2, 0) is 25.5 Å². The van der Waals surface area contributed by atoms with Gasteiger partial charge in [0.05, 0.1) is 16.7 Å². The highest BCUT2D eigenvalue weighted by atomic mass is 32.2. The van der Waals surface area contributed by atoms with E-state index < -0.39 is 37.3 Å². The Morgan fingerprint density at radius 1 is 1.00 bits per heavy atom. The van der Waals surface area contributed by atoms with Crippen molar-refractivity contribution in [2.24, 2.45) is 0 Å². The van der Waals surface area contributed by atoms with Gasteiger partial charge in [-0.15, -0.1) is 0 Å². The summed E-state index contributed by atoms with van der Waals surface area (Å²) in [7, 11) is -7.47. The van der Waals surface area contributed by atoms with E-state index in [1.807, 2.05) is 0 Å². The molecule has 1 heterocycles. The van der Waals surface area contributed by atoms with Gasteiger partial charge in [-0.25, -0.2) is 25.9 Å². The molecule has 2 aliphatic rings. The minimum absolute atomic E-state index is 0.193. The molecule has 0 saturated heterocycles. The minimum Gasteiger partial charge on any atom is -0.307 e. The standard InChI is InChI=1S/C25H32FN3O5S2/c1-24(2,3)28-36(33,34)18-9-10-21(26)19(15-18)23(30)29-16-25(12-6-5-7-13-25)20-14-17(8-11-22(20)29)27-35(4,31)32/h8-11,14-15,27-28H,5-7,12-13,16H2,1-4H3. The lowest BCUT2D eigenvalue weighted by atomic mass is 9.70. The monoisotopic (exact) mass is 537 g/mol. The quantitative estimate of drug-likeness (QED) is 0.595. The van der Waals surface area contributed by atoms with Crippen molar-refractivity contribution in [2.45, 2.75) is 68.7 Å². The number of carbonyl (C=O) groups excluding carboxylic acids is 1. The Labute approximate surface area is 212 Å². The van der Waals surface area contributed by atoms with Crippen molar-refractivity contribution >= 4 is 37.3 Å². The van der Waals surface area contributed by atoms with Crippen molar-refractivity contribution in [2.75, 3.05) is 22.4 Å². The first-order valence-electron chi connectivity index (χ1n) is 11.9. The number of sulfonamides is 2. The maximum atomic E-state index is 14.9. The molecule has 2 N–H and O–H groups in total. The molecule has 11 heteroatoms. The van der Waals surface area contributed by atoms with Crippen molar-refractivity contribution < 1.29 is 26.0 Å². The molecule has 196 valence electrons. The minimum atomic E-state index is -3.98. The lowest BCUT2D eigenvalue weighted by Crippen LogP contribution is -2.41. The first-order chi connectivity index (χ1) is 16.6. The fourth-order valence-corrected chi connectivity index (χ4v) is 7.23. The summed E-state index contributed by atoms with van der Waals surface area (Å²) in [5.41, 5.74) is 0.388. The van der Waals surface area contributed by atoms with Gasteiger partial charge < -0.3 is 4.90 Å². The van der Waals surface area contributed by atoms with Gasteiger partial charge in [-0.05, 0) is 75.6 Å². The summed E-state index contributed by atoms with van der Waals surface area (Å²) >= 11 is 0. The molecule has 2 aromatic carbocycles. The van der Waals surface area contributed by atoms with Crippen molar-refractivity contribution in [1.82, 2.24) is 4.72 Å². The molecular weight excluding hydrogens is 505 g/mol. The molecule has 0 bridgehead atoms. The Hall–Kier alpha value is -2.50. The second kappa shape index (κ2) is 9.11. The Kier molecular flexibility index (Phi) is 6.72. The first-order valence-corrected chi connectivity index (χ1v) is 15.3. The van der Waals surface area contributed by atoms with Crippen LogP contribution in [0.3, 0.4) is 0 Å². The third-order valence-corrected chi connectivity index (χ3v) is 8.96. The lowest BCUT2D eigenvalue weighted by Gasteiger charge is -2.34. The third-order valence-electron chi connectivity index (χ3n) is 6.60. The van der Waals surface area contributed by atoms with E-state index in [0.717, 1.165) is 62.1 Å². The second-order valence-corrected chi connectivity index (χ2v) is 14.3. The zero-order valence-corrected chi connectivity index (χ0v) is 22.5. The topological polar surface area (TPSA) is 113 Å². The maximum absolute atomic E-state index is 14.9. The number of anilines is 2. The molecular formula is C25H32FN3O5S2. The molecule has 1 fully saturated rings. The van der Waals surface area contributed by atoms with Crippen molar-refractivity contribution in [1.29, 1.82) is 0 Å². The van der Waals surface area contributed by atoms with E-state index in [2.05, 4.69) is 9.44 Å². The number of nitrogens with one attached hydrogen (secondary N) is 2. The van der Waals surface area contributed by atoms with Gasteiger partial charge in [0.25, 0.3) is 5.91 Å². The maximum Gasteiger partial charge on any atom is 0.261 e. The van der Waals surface area contributed by atoms with E-state index in [4.69, 9.17) is 0 Å². The average Bonchev–Trinajstić information content (AvgIpc) is 3.04. The average molecular weight is 538 g/mol. The summed E-state index contributed by atoms with van der Waals surface area (Å²) in [4.78, 5) is 15.0. The molecule has 2 aromatic rings. The number of halogens is 1.